The van der Waals surface area contributed by atoms with Gasteiger partial charge >= 0.3 is 0 Å². The maximum absolute atomic E-state index is 6.23. The number of halogens is 2. The van der Waals surface area contributed by atoms with Gasteiger partial charge in [0.15, 0.2) is 0 Å². The van der Waals surface area contributed by atoms with Crippen LogP contribution in [0.25, 0.3) is 22.6 Å². The van der Waals surface area contributed by atoms with Crippen molar-refractivity contribution in [2.24, 2.45) is 5.92 Å². The normalized spacial score (nSPS) is 16.0. The molecular weight excluding hydrogens is 375 g/mol. The minimum absolute atomic E-state index is 0.532. The van der Waals surface area contributed by atoms with Crippen molar-refractivity contribution in [2.75, 3.05) is 0 Å². The molecule has 1 aromatic carbocycles. The molecule has 27 heavy (non-hydrogen) atoms. The van der Waals surface area contributed by atoms with Gasteiger partial charge in [-0.3, -0.25) is 4.98 Å². The van der Waals surface area contributed by atoms with Gasteiger partial charge < -0.3 is 4.57 Å². The highest BCUT2D eigenvalue weighted by Gasteiger charge is 2.24. The number of hydrogen-bond acceptors (Lipinski definition) is 1. The molecule has 2 aromatic heterocycles. The molecule has 138 valence electrons. The number of rotatable bonds is 5. The minimum Gasteiger partial charge on any atom is -0.339 e. The van der Waals surface area contributed by atoms with Gasteiger partial charge in [0.05, 0.1) is 17.1 Å². The molecule has 0 aliphatic heterocycles. The molecule has 1 saturated carbocycles. The van der Waals surface area contributed by atoms with E-state index in [1.54, 1.807) is 0 Å². The quantitative estimate of drug-likeness (QED) is 0.576. The van der Waals surface area contributed by atoms with E-state index in [4.69, 9.17) is 23.2 Å². The van der Waals surface area contributed by atoms with E-state index in [0.717, 1.165) is 34.6 Å². The summed E-state index contributed by atoms with van der Waals surface area (Å²) in [7, 11) is 0. The number of nitrogens with zero attached hydrogens (tertiary/aromatic N) is 2. The number of benzene rings is 1. The van der Waals surface area contributed by atoms with Crippen molar-refractivity contribution in [3.8, 4) is 0 Å². The lowest BCUT2D eigenvalue weighted by Crippen LogP contribution is -2.32. The smallest absolute Gasteiger partial charge is 0.0677 e. The summed E-state index contributed by atoms with van der Waals surface area (Å²) in [5.41, 5.74) is 3.63. The van der Waals surface area contributed by atoms with Crippen LogP contribution in [-0.2, 0) is 6.54 Å². The molecule has 0 N–H and O–H groups in total. The van der Waals surface area contributed by atoms with Crippen LogP contribution in [0.15, 0.2) is 54.3 Å². The van der Waals surface area contributed by atoms with Crippen LogP contribution in [0.2, 0.25) is 5.02 Å². The highest BCUT2D eigenvalue weighted by atomic mass is 35.5. The van der Waals surface area contributed by atoms with Crippen molar-refractivity contribution in [2.45, 2.75) is 32.7 Å². The van der Waals surface area contributed by atoms with Gasteiger partial charge in [0, 0.05) is 33.4 Å². The first-order valence-corrected chi connectivity index (χ1v) is 10.1. The fourth-order valence-corrected chi connectivity index (χ4v) is 3.99. The van der Waals surface area contributed by atoms with Crippen LogP contribution in [0, 0.1) is 5.92 Å². The zero-order valence-electron chi connectivity index (χ0n) is 15.4. The molecule has 0 bridgehead atoms. The van der Waals surface area contributed by atoms with E-state index in [-0.39, 0.29) is 0 Å². The summed E-state index contributed by atoms with van der Waals surface area (Å²) in [6.45, 7) is 7.11. The summed E-state index contributed by atoms with van der Waals surface area (Å²) in [5.74, 6) is 0.745. The van der Waals surface area contributed by atoms with E-state index in [2.05, 4.69) is 41.3 Å². The summed E-state index contributed by atoms with van der Waals surface area (Å²) in [5, 5.41) is 4.79. The van der Waals surface area contributed by atoms with E-state index in [9.17, 15) is 0 Å². The zero-order chi connectivity index (χ0) is 19.0. The summed E-state index contributed by atoms with van der Waals surface area (Å²) >= 11 is 12.3. The molecule has 4 rings (SSSR count). The Balaban J connectivity index is 2.16. The average molecular weight is 397 g/mol. The second-order valence-corrected chi connectivity index (χ2v) is 8.06. The maximum atomic E-state index is 6.23. The Hall–Kier alpha value is -2.03. The lowest BCUT2D eigenvalue weighted by atomic mass is 10.0. The molecule has 0 atom stereocenters. The standard InChI is InChI=1S/C23H22Cl2N2/c1-3-19(17-6-8-18(25)9-7-17)23-21(12-15(2)24)20-10-11-26-13-22(20)27(23)14-16-4-5-16/h6-13,16H,2-5,14H2,1H3/b21-12-,23-19-. The van der Waals surface area contributed by atoms with Crippen molar-refractivity contribution < 1.29 is 0 Å². The van der Waals surface area contributed by atoms with Gasteiger partial charge in [-0.2, -0.15) is 0 Å². The monoisotopic (exact) mass is 396 g/mol. The van der Waals surface area contributed by atoms with Crippen LogP contribution in [0.5, 0.6) is 0 Å². The second-order valence-electron chi connectivity index (χ2n) is 7.14. The largest absolute Gasteiger partial charge is 0.339 e. The van der Waals surface area contributed by atoms with Gasteiger partial charge in [-0.15, -0.1) is 0 Å². The van der Waals surface area contributed by atoms with Crippen molar-refractivity contribution in [1.29, 1.82) is 0 Å². The van der Waals surface area contributed by atoms with Crippen LogP contribution in [-0.4, -0.2) is 9.55 Å². The molecule has 0 spiro atoms. The molecule has 2 heterocycles. The first-order valence-electron chi connectivity index (χ1n) is 9.36. The lowest BCUT2D eigenvalue weighted by molar-refractivity contribution is 0.630. The van der Waals surface area contributed by atoms with E-state index in [1.807, 2.05) is 30.6 Å². The fourth-order valence-electron chi connectivity index (χ4n) is 3.76. The summed E-state index contributed by atoms with van der Waals surface area (Å²) in [4.78, 5) is 4.39. The third-order valence-corrected chi connectivity index (χ3v) is 5.54. The molecule has 0 amide bonds. The molecule has 1 aliphatic rings. The van der Waals surface area contributed by atoms with Crippen LogP contribution >= 0.6 is 23.2 Å². The molecule has 1 fully saturated rings. The lowest BCUT2D eigenvalue weighted by Gasteiger charge is -2.10. The van der Waals surface area contributed by atoms with Crippen molar-refractivity contribution in [1.82, 2.24) is 9.55 Å². The number of pyridine rings is 1. The van der Waals surface area contributed by atoms with E-state index >= 15 is 0 Å². The van der Waals surface area contributed by atoms with Gasteiger partial charge in [0.25, 0.3) is 0 Å². The molecule has 0 saturated heterocycles. The van der Waals surface area contributed by atoms with Crippen molar-refractivity contribution in [3.63, 3.8) is 0 Å². The third-order valence-electron chi connectivity index (χ3n) is 5.18. The summed E-state index contributed by atoms with van der Waals surface area (Å²) in [6, 6.07) is 10.2. The Bertz CT molecular complexity index is 1120. The molecule has 0 unspecified atom stereocenters. The molecular formula is C23H22Cl2N2. The van der Waals surface area contributed by atoms with Crippen molar-refractivity contribution >= 4 is 45.8 Å². The van der Waals surface area contributed by atoms with Crippen LogP contribution in [0.3, 0.4) is 0 Å². The molecule has 3 aromatic rings. The van der Waals surface area contributed by atoms with Crippen LogP contribution < -0.4 is 10.6 Å². The Morgan fingerprint density at radius 3 is 2.63 bits per heavy atom. The van der Waals surface area contributed by atoms with Gasteiger partial charge in [-0.05, 0) is 60.6 Å². The Kier molecular flexibility index (Phi) is 5.12. The molecule has 1 aliphatic carbocycles. The number of aromatic nitrogens is 2. The predicted octanol–water partition coefficient (Wildman–Crippen LogP) is 5.24. The highest BCUT2D eigenvalue weighted by molar-refractivity contribution is 6.33. The van der Waals surface area contributed by atoms with E-state index in [0.29, 0.717) is 5.03 Å². The minimum atomic E-state index is 0.532. The summed E-state index contributed by atoms with van der Waals surface area (Å²) < 4.78 is 2.43. The van der Waals surface area contributed by atoms with Gasteiger partial charge in [-0.1, -0.05) is 48.8 Å². The second kappa shape index (κ2) is 7.53. The van der Waals surface area contributed by atoms with Crippen LogP contribution in [0.4, 0.5) is 0 Å². The molecule has 2 nitrogen and oxygen atoms in total. The first-order chi connectivity index (χ1) is 13.1. The predicted molar refractivity (Wildman–Crippen MR) is 115 cm³/mol. The highest BCUT2D eigenvalue weighted by Crippen LogP contribution is 2.31. The summed E-state index contributed by atoms with van der Waals surface area (Å²) in [6.07, 6.45) is 9.28. The van der Waals surface area contributed by atoms with Crippen LogP contribution in [0.1, 0.15) is 31.7 Å². The Morgan fingerprint density at radius 2 is 2.00 bits per heavy atom. The van der Waals surface area contributed by atoms with Crippen molar-refractivity contribution in [3.05, 3.63) is 75.5 Å². The Morgan fingerprint density at radius 1 is 1.26 bits per heavy atom. The average Bonchev–Trinajstić information content (AvgIpc) is 3.43. The van der Waals surface area contributed by atoms with Gasteiger partial charge in [0.2, 0.25) is 0 Å². The topological polar surface area (TPSA) is 17.8 Å². The van der Waals surface area contributed by atoms with E-state index < -0.39 is 0 Å². The number of fused-ring (bicyclic) bond motifs is 1. The van der Waals surface area contributed by atoms with Gasteiger partial charge in [0.1, 0.15) is 0 Å². The zero-order valence-corrected chi connectivity index (χ0v) is 16.9. The van der Waals surface area contributed by atoms with E-state index in [1.165, 1.54) is 34.7 Å². The molecule has 4 heteroatoms. The number of hydrogen-bond donors (Lipinski definition) is 0. The Labute approximate surface area is 169 Å². The number of allylic oxidation sites excluding steroid dienone is 1. The van der Waals surface area contributed by atoms with Gasteiger partial charge in [-0.25, -0.2) is 0 Å². The fraction of sp³-hybridized carbons (Fsp3) is 0.261. The third kappa shape index (κ3) is 3.69. The molecule has 0 radical (unpaired) electrons. The SMILES string of the molecule is C=C(Cl)/C=c1\c(=C(/CC)c2ccc(Cl)cc2)n(CC2CC2)c2cnccc12. The first kappa shape index (κ1) is 18.3. The maximum Gasteiger partial charge on any atom is 0.0677 e.